The van der Waals surface area contributed by atoms with Crippen molar-refractivity contribution in [2.45, 2.75) is 0 Å². The fourth-order valence-corrected chi connectivity index (χ4v) is 3.40. The number of hydrogen-bond acceptors (Lipinski definition) is 5. The highest BCUT2D eigenvalue weighted by molar-refractivity contribution is 6.14. The molecule has 0 radical (unpaired) electrons. The summed E-state index contributed by atoms with van der Waals surface area (Å²) in [6, 6.07) is 28.6. The van der Waals surface area contributed by atoms with Gasteiger partial charge in [-0.05, 0) is 42.5 Å². The topological polar surface area (TPSA) is 81.7 Å². The molecule has 6 nitrogen and oxygen atoms in total. The highest BCUT2D eigenvalue weighted by Gasteiger charge is 2.19. The fraction of sp³-hybridized carbons (Fsp3) is 0.0357. The molecule has 0 aliphatic carbocycles. The molecule has 0 bridgehead atoms. The van der Waals surface area contributed by atoms with E-state index >= 15 is 0 Å². The van der Waals surface area contributed by atoms with Crippen molar-refractivity contribution in [3.05, 3.63) is 125 Å². The van der Waals surface area contributed by atoms with E-state index in [1.54, 1.807) is 97.1 Å². The lowest BCUT2D eigenvalue weighted by atomic mass is 9.98. The van der Waals surface area contributed by atoms with E-state index in [1.807, 2.05) is 6.07 Å². The van der Waals surface area contributed by atoms with Crippen LogP contribution in [0.15, 0.2) is 103 Å². The second-order valence-corrected chi connectivity index (χ2v) is 7.31. The summed E-state index contributed by atoms with van der Waals surface area (Å²) in [5, 5.41) is 2.78. The lowest BCUT2D eigenvalue weighted by molar-refractivity contribution is 0.0730. The zero-order valence-corrected chi connectivity index (χ0v) is 18.4. The number of ether oxygens (including phenoxy) is 2. The van der Waals surface area contributed by atoms with Gasteiger partial charge in [-0.15, -0.1) is 0 Å². The van der Waals surface area contributed by atoms with E-state index in [0.29, 0.717) is 22.6 Å². The van der Waals surface area contributed by atoms with Gasteiger partial charge in [0.15, 0.2) is 5.78 Å². The molecule has 4 aromatic rings. The molecule has 0 aromatic heterocycles. The maximum absolute atomic E-state index is 12.9. The molecular formula is C28H21NO5. The van der Waals surface area contributed by atoms with Gasteiger partial charge in [0.05, 0.1) is 18.2 Å². The average Bonchev–Trinajstić information content (AvgIpc) is 2.89. The molecule has 6 heteroatoms. The molecule has 0 saturated carbocycles. The molecule has 4 rings (SSSR count). The summed E-state index contributed by atoms with van der Waals surface area (Å²) in [6.07, 6.45) is 0. The summed E-state index contributed by atoms with van der Waals surface area (Å²) in [5.74, 6) is -0.486. The number of esters is 1. The molecule has 1 amide bonds. The van der Waals surface area contributed by atoms with Gasteiger partial charge in [0, 0.05) is 16.8 Å². The van der Waals surface area contributed by atoms with Gasteiger partial charge in [0.25, 0.3) is 5.91 Å². The van der Waals surface area contributed by atoms with Gasteiger partial charge in [0.1, 0.15) is 11.5 Å². The third-order valence-electron chi connectivity index (χ3n) is 5.10. The third-order valence-corrected chi connectivity index (χ3v) is 5.10. The Labute approximate surface area is 196 Å². The minimum absolute atomic E-state index is 0.171. The van der Waals surface area contributed by atoms with E-state index in [0.717, 1.165) is 0 Å². The second kappa shape index (κ2) is 10.3. The number of hydrogen-bond donors (Lipinski definition) is 1. The molecule has 0 fully saturated rings. The number of amides is 1. The number of carbonyl (C=O) groups excluding carboxylic acids is 3. The Morgan fingerprint density at radius 2 is 1.24 bits per heavy atom. The molecular weight excluding hydrogens is 430 g/mol. The molecule has 4 aromatic carbocycles. The van der Waals surface area contributed by atoms with Crippen molar-refractivity contribution in [1.82, 2.24) is 0 Å². The van der Waals surface area contributed by atoms with Gasteiger partial charge in [-0.2, -0.15) is 0 Å². The largest absolute Gasteiger partial charge is 0.496 e. The molecule has 0 aliphatic rings. The van der Waals surface area contributed by atoms with Crippen LogP contribution in [0, 0.1) is 0 Å². The molecule has 0 spiro atoms. The monoisotopic (exact) mass is 451 g/mol. The lowest BCUT2D eigenvalue weighted by Crippen LogP contribution is -2.15. The molecule has 34 heavy (non-hydrogen) atoms. The van der Waals surface area contributed by atoms with Crippen LogP contribution < -0.4 is 14.8 Å². The number of nitrogens with one attached hydrogen (secondary N) is 1. The number of methoxy groups -OCH3 is 1. The fourth-order valence-electron chi connectivity index (χ4n) is 3.40. The van der Waals surface area contributed by atoms with Crippen molar-refractivity contribution in [2.24, 2.45) is 0 Å². The minimum atomic E-state index is -0.648. The van der Waals surface area contributed by atoms with Crippen LogP contribution in [0.25, 0.3) is 0 Å². The first-order valence-electron chi connectivity index (χ1n) is 10.5. The summed E-state index contributed by atoms with van der Waals surface area (Å²) in [7, 11) is 1.50. The quantitative estimate of drug-likeness (QED) is 0.231. The zero-order chi connectivity index (χ0) is 23.9. The average molecular weight is 451 g/mol. The number of benzene rings is 4. The Morgan fingerprint density at radius 3 is 1.91 bits per heavy atom. The first-order valence-corrected chi connectivity index (χ1v) is 10.5. The van der Waals surface area contributed by atoms with Gasteiger partial charge in [-0.1, -0.05) is 60.7 Å². The number of rotatable bonds is 7. The maximum atomic E-state index is 12.9. The van der Waals surface area contributed by atoms with Crippen molar-refractivity contribution in [3.63, 3.8) is 0 Å². The molecule has 0 saturated heterocycles. The number of ketones is 1. The molecule has 0 atom stereocenters. The Kier molecular flexibility index (Phi) is 6.79. The maximum Gasteiger partial charge on any atom is 0.344 e. The van der Waals surface area contributed by atoms with Crippen molar-refractivity contribution < 1.29 is 23.9 Å². The Hall–Kier alpha value is -4.71. The van der Waals surface area contributed by atoms with Gasteiger partial charge in [0.2, 0.25) is 0 Å². The van der Waals surface area contributed by atoms with Crippen molar-refractivity contribution >= 4 is 23.3 Å². The van der Waals surface area contributed by atoms with Crippen LogP contribution >= 0.6 is 0 Å². The predicted molar refractivity (Wildman–Crippen MR) is 129 cm³/mol. The van der Waals surface area contributed by atoms with Gasteiger partial charge >= 0.3 is 5.97 Å². The highest BCUT2D eigenvalue weighted by atomic mass is 16.5. The van der Waals surface area contributed by atoms with E-state index in [1.165, 1.54) is 7.11 Å². The number of anilines is 1. The Balaban J connectivity index is 1.47. The van der Waals surface area contributed by atoms with E-state index in [9.17, 15) is 14.4 Å². The standard InChI is InChI=1S/C28H21NO5/c1-33-25-14-8-7-13-24(25)27(31)29-20-15-17-21(18-16-20)34-28(32)23-12-6-5-11-22(23)26(30)19-9-3-2-4-10-19/h2-18H,1H3,(H,29,31). The summed E-state index contributed by atoms with van der Waals surface area (Å²) in [5.41, 5.74) is 1.85. The number of para-hydroxylation sites is 1. The first kappa shape index (κ1) is 22.5. The van der Waals surface area contributed by atoms with Gasteiger partial charge in [-0.3, -0.25) is 9.59 Å². The van der Waals surface area contributed by atoms with Gasteiger partial charge < -0.3 is 14.8 Å². The van der Waals surface area contributed by atoms with Crippen LogP contribution in [-0.2, 0) is 0 Å². The van der Waals surface area contributed by atoms with Crippen molar-refractivity contribution in [1.29, 1.82) is 0 Å². The smallest absolute Gasteiger partial charge is 0.344 e. The first-order chi connectivity index (χ1) is 16.6. The van der Waals surface area contributed by atoms with Crippen molar-refractivity contribution in [3.8, 4) is 11.5 Å². The molecule has 0 unspecified atom stereocenters. The molecule has 168 valence electrons. The summed E-state index contributed by atoms with van der Waals surface area (Å²) < 4.78 is 10.7. The van der Waals surface area contributed by atoms with E-state index in [-0.39, 0.29) is 28.6 Å². The normalized spacial score (nSPS) is 10.3. The van der Waals surface area contributed by atoms with E-state index < -0.39 is 5.97 Å². The summed E-state index contributed by atoms with van der Waals surface area (Å²) >= 11 is 0. The van der Waals surface area contributed by atoms with Crippen LogP contribution in [0.5, 0.6) is 11.5 Å². The highest BCUT2D eigenvalue weighted by Crippen LogP contribution is 2.22. The minimum Gasteiger partial charge on any atom is -0.496 e. The van der Waals surface area contributed by atoms with Gasteiger partial charge in [-0.25, -0.2) is 4.79 Å². The third kappa shape index (κ3) is 5.02. The summed E-state index contributed by atoms with van der Waals surface area (Å²) in [6.45, 7) is 0. The van der Waals surface area contributed by atoms with Crippen molar-refractivity contribution in [2.75, 3.05) is 12.4 Å². The Bertz CT molecular complexity index is 1330. The van der Waals surface area contributed by atoms with Crippen LogP contribution in [0.3, 0.4) is 0 Å². The van der Waals surface area contributed by atoms with E-state index in [4.69, 9.17) is 9.47 Å². The zero-order valence-electron chi connectivity index (χ0n) is 18.4. The van der Waals surface area contributed by atoms with Crippen LogP contribution in [0.2, 0.25) is 0 Å². The van der Waals surface area contributed by atoms with Crippen LogP contribution in [-0.4, -0.2) is 24.8 Å². The summed E-state index contributed by atoms with van der Waals surface area (Å²) in [4.78, 5) is 38.3. The number of carbonyl (C=O) groups is 3. The lowest BCUT2D eigenvalue weighted by Gasteiger charge is -2.11. The predicted octanol–water partition coefficient (Wildman–Crippen LogP) is 5.40. The van der Waals surface area contributed by atoms with Crippen LogP contribution in [0.1, 0.15) is 36.6 Å². The molecule has 0 aliphatic heterocycles. The van der Waals surface area contributed by atoms with Crippen LogP contribution in [0.4, 0.5) is 5.69 Å². The Morgan fingerprint density at radius 1 is 0.647 bits per heavy atom. The molecule has 0 heterocycles. The SMILES string of the molecule is COc1ccccc1C(=O)Nc1ccc(OC(=O)c2ccccc2C(=O)c2ccccc2)cc1. The van der Waals surface area contributed by atoms with E-state index in [2.05, 4.69) is 5.32 Å². The molecule has 1 N–H and O–H groups in total. The second-order valence-electron chi connectivity index (χ2n) is 7.31.